The van der Waals surface area contributed by atoms with Crippen LogP contribution in [0.15, 0.2) is 76.9 Å². The first-order chi connectivity index (χ1) is 13.2. The van der Waals surface area contributed by atoms with E-state index in [1.54, 1.807) is 6.21 Å². The average Bonchev–Trinajstić information content (AvgIpc) is 3.07. The fourth-order valence-electron chi connectivity index (χ4n) is 2.58. The monoisotopic (exact) mass is 378 g/mol. The number of hydrogen-bond acceptors (Lipinski definition) is 4. The van der Waals surface area contributed by atoms with E-state index in [0.717, 1.165) is 28.3 Å². The Bertz CT molecular complexity index is 906. The molecule has 1 aromatic heterocycles. The van der Waals surface area contributed by atoms with Gasteiger partial charge in [-0.25, -0.2) is 5.43 Å². The molecule has 5 nitrogen and oxygen atoms in total. The summed E-state index contributed by atoms with van der Waals surface area (Å²) in [5.41, 5.74) is 5.39. The number of rotatable bonds is 7. The van der Waals surface area contributed by atoms with Crippen molar-refractivity contribution in [3.05, 3.63) is 83.7 Å². The molecule has 0 aliphatic carbocycles. The Morgan fingerprint density at radius 1 is 1.19 bits per heavy atom. The van der Waals surface area contributed by atoms with Crippen LogP contribution < -0.4 is 5.43 Å². The Balaban J connectivity index is 1.74. The number of benzene rings is 2. The minimum absolute atomic E-state index is 0.160. The molecule has 1 unspecified atom stereocenters. The third-order valence-electron chi connectivity index (χ3n) is 4.02. The quantitative estimate of drug-likeness (QED) is 0.381. The molecular weight excluding hydrogens is 356 g/mol. The van der Waals surface area contributed by atoms with Crippen LogP contribution in [0.25, 0.3) is 0 Å². The summed E-state index contributed by atoms with van der Waals surface area (Å²) < 4.78 is 1.84. The molecular formula is C21H22N4OS. The number of carbonyl (C=O) groups excluding carboxylic acids is 1. The van der Waals surface area contributed by atoms with Gasteiger partial charge in [-0.3, -0.25) is 9.48 Å². The maximum atomic E-state index is 12.8. The number of nitrogens with one attached hydrogen (secondary N) is 1. The molecule has 6 heteroatoms. The zero-order chi connectivity index (χ0) is 19.1. The molecule has 0 aliphatic heterocycles. The number of hydrazone groups is 1. The van der Waals surface area contributed by atoms with E-state index in [4.69, 9.17) is 0 Å². The van der Waals surface area contributed by atoms with E-state index in [9.17, 15) is 4.79 Å². The highest BCUT2D eigenvalue weighted by molar-refractivity contribution is 8.00. The van der Waals surface area contributed by atoms with E-state index < -0.39 is 0 Å². The standard InChI is InChI=1S/C21H22N4OS/c1-3-25-15-18(16(2)24-25)14-22-23-21(26)20(17-10-6-4-7-11-17)27-19-12-8-5-9-13-19/h4-15,20H,3H2,1-2H3,(H,23,26)/b22-14+. The van der Waals surface area contributed by atoms with Crippen molar-refractivity contribution in [3.8, 4) is 0 Å². The van der Waals surface area contributed by atoms with Crippen LogP contribution in [0.1, 0.15) is 29.0 Å². The van der Waals surface area contributed by atoms with Gasteiger partial charge in [0.1, 0.15) is 5.25 Å². The van der Waals surface area contributed by atoms with Crippen molar-refractivity contribution in [2.75, 3.05) is 0 Å². The summed E-state index contributed by atoms with van der Waals surface area (Å²) >= 11 is 1.50. The largest absolute Gasteiger partial charge is 0.272 e. The van der Waals surface area contributed by atoms with Gasteiger partial charge in [-0.2, -0.15) is 10.2 Å². The zero-order valence-corrected chi connectivity index (χ0v) is 16.2. The lowest BCUT2D eigenvalue weighted by molar-refractivity contribution is -0.120. The third kappa shape index (κ3) is 5.08. The first-order valence-corrected chi connectivity index (χ1v) is 9.69. The predicted molar refractivity (Wildman–Crippen MR) is 110 cm³/mol. The molecule has 27 heavy (non-hydrogen) atoms. The van der Waals surface area contributed by atoms with Crippen molar-refractivity contribution in [2.45, 2.75) is 30.5 Å². The minimum Gasteiger partial charge on any atom is -0.272 e. The maximum Gasteiger partial charge on any atom is 0.258 e. The van der Waals surface area contributed by atoms with Crippen molar-refractivity contribution >= 4 is 23.9 Å². The summed E-state index contributed by atoms with van der Waals surface area (Å²) in [6.07, 6.45) is 3.56. The topological polar surface area (TPSA) is 59.3 Å². The van der Waals surface area contributed by atoms with Crippen LogP contribution >= 0.6 is 11.8 Å². The number of hydrogen-bond donors (Lipinski definition) is 1. The first-order valence-electron chi connectivity index (χ1n) is 8.81. The van der Waals surface area contributed by atoms with E-state index in [2.05, 4.69) is 15.6 Å². The molecule has 1 heterocycles. The summed E-state index contributed by atoms with van der Waals surface area (Å²) in [7, 11) is 0. The minimum atomic E-state index is -0.384. The maximum absolute atomic E-state index is 12.8. The van der Waals surface area contributed by atoms with E-state index >= 15 is 0 Å². The zero-order valence-electron chi connectivity index (χ0n) is 15.4. The Labute approximate surface area is 163 Å². The molecule has 0 saturated carbocycles. The second-order valence-corrected chi connectivity index (χ2v) is 7.16. The molecule has 3 rings (SSSR count). The highest BCUT2D eigenvalue weighted by Crippen LogP contribution is 2.35. The fourth-order valence-corrected chi connectivity index (χ4v) is 3.62. The molecule has 1 amide bonds. The molecule has 0 fully saturated rings. The second-order valence-electron chi connectivity index (χ2n) is 5.98. The third-order valence-corrected chi connectivity index (χ3v) is 5.29. The van der Waals surface area contributed by atoms with Crippen LogP contribution in [-0.4, -0.2) is 21.9 Å². The van der Waals surface area contributed by atoms with Gasteiger partial charge in [-0.15, -0.1) is 11.8 Å². The highest BCUT2D eigenvalue weighted by Gasteiger charge is 2.21. The van der Waals surface area contributed by atoms with Crippen LogP contribution in [0.3, 0.4) is 0 Å². The van der Waals surface area contributed by atoms with Gasteiger partial charge in [0, 0.05) is 23.2 Å². The van der Waals surface area contributed by atoms with Gasteiger partial charge in [0.05, 0.1) is 11.9 Å². The SMILES string of the molecule is CCn1cc(/C=N/NC(=O)C(Sc2ccccc2)c2ccccc2)c(C)n1. The lowest BCUT2D eigenvalue weighted by Crippen LogP contribution is -2.23. The molecule has 0 radical (unpaired) electrons. The number of carbonyl (C=O) groups is 1. The molecule has 0 aliphatic rings. The van der Waals surface area contributed by atoms with Crippen molar-refractivity contribution in [1.29, 1.82) is 0 Å². The van der Waals surface area contributed by atoms with Gasteiger partial charge < -0.3 is 0 Å². The second kappa shape index (κ2) is 9.19. The van der Waals surface area contributed by atoms with Crippen LogP contribution in [0, 0.1) is 6.92 Å². The lowest BCUT2D eigenvalue weighted by Gasteiger charge is -2.15. The fraction of sp³-hybridized carbons (Fsp3) is 0.190. The van der Waals surface area contributed by atoms with E-state index in [1.807, 2.05) is 85.4 Å². The number of thioether (sulfide) groups is 1. The van der Waals surface area contributed by atoms with E-state index in [1.165, 1.54) is 11.8 Å². The summed E-state index contributed by atoms with van der Waals surface area (Å²) in [6, 6.07) is 19.6. The molecule has 138 valence electrons. The summed E-state index contributed by atoms with van der Waals surface area (Å²) in [4.78, 5) is 13.9. The van der Waals surface area contributed by atoms with Crippen LogP contribution in [-0.2, 0) is 11.3 Å². The lowest BCUT2D eigenvalue weighted by atomic mass is 10.1. The number of aryl methyl sites for hydroxylation is 2. The smallest absolute Gasteiger partial charge is 0.258 e. The molecule has 0 spiro atoms. The molecule has 3 aromatic rings. The van der Waals surface area contributed by atoms with Gasteiger partial charge in [0.15, 0.2) is 0 Å². The summed E-state index contributed by atoms with van der Waals surface area (Å²) in [6.45, 7) is 4.75. The molecule has 1 atom stereocenters. The van der Waals surface area contributed by atoms with Crippen LogP contribution in [0.4, 0.5) is 0 Å². The Hall–Kier alpha value is -2.86. The number of amides is 1. The Morgan fingerprint density at radius 2 is 1.85 bits per heavy atom. The van der Waals surface area contributed by atoms with Crippen molar-refractivity contribution in [3.63, 3.8) is 0 Å². The summed E-state index contributed by atoms with van der Waals surface area (Å²) in [5.74, 6) is -0.160. The van der Waals surface area contributed by atoms with Crippen molar-refractivity contribution in [1.82, 2.24) is 15.2 Å². The Kier molecular flexibility index (Phi) is 6.44. The van der Waals surface area contributed by atoms with E-state index in [-0.39, 0.29) is 11.2 Å². The van der Waals surface area contributed by atoms with Crippen molar-refractivity contribution < 1.29 is 4.79 Å². The average molecular weight is 379 g/mol. The van der Waals surface area contributed by atoms with Gasteiger partial charge in [0.25, 0.3) is 5.91 Å². The van der Waals surface area contributed by atoms with Gasteiger partial charge in [0.2, 0.25) is 0 Å². The van der Waals surface area contributed by atoms with Gasteiger partial charge in [-0.05, 0) is 31.5 Å². The Morgan fingerprint density at radius 3 is 2.48 bits per heavy atom. The van der Waals surface area contributed by atoms with Crippen LogP contribution in [0.2, 0.25) is 0 Å². The summed E-state index contributed by atoms with van der Waals surface area (Å²) in [5, 5.41) is 8.14. The van der Waals surface area contributed by atoms with Gasteiger partial charge in [-0.1, -0.05) is 48.5 Å². The van der Waals surface area contributed by atoms with Gasteiger partial charge >= 0.3 is 0 Å². The molecule has 1 N–H and O–H groups in total. The predicted octanol–water partition coefficient (Wildman–Crippen LogP) is 4.20. The number of aromatic nitrogens is 2. The first kappa shape index (κ1) is 18.9. The normalized spacial score (nSPS) is 12.2. The molecule has 0 saturated heterocycles. The van der Waals surface area contributed by atoms with E-state index in [0.29, 0.717) is 0 Å². The van der Waals surface area contributed by atoms with Crippen LogP contribution in [0.5, 0.6) is 0 Å². The van der Waals surface area contributed by atoms with Crippen molar-refractivity contribution in [2.24, 2.45) is 5.10 Å². The highest BCUT2D eigenvalue weighted by atomic mass is 32.2. The molecule has 0 bridgehead atoms. The molecule has 2 aromatic carbocycles. The number of nitrogens with zero attached hydrogens (tertiary/aromatic N) is 3.